The molecule has 1 aromatic heterocycles. The Morgan fingerprint density at radius 2 is 2.04 bits per heavy atom. The lowest BCUT2D eigenvalue weighted by atomic mass is 9.91. The van der Waals surface area contributed by atoms with E-state index in [1.165, 1.54) is 5.56 Å². The Balaban J connectivity index is 1.55. The summed E-state index contributed by atoms with van der Waals surface area (Å²) >= 11 is 0. The van der Waals surface area contributed by atoms with Crippen LogP contribution in [0.5, 0.6) is 0 Å². The number of likely N-dealkylation sites (tertiary alicyclic amines) is 1. The number of pyridine rings is 1. The second-order valence-corrected chi connectivity index (χ2v) is 7.37. The normalized spacial score (nSPS) is 25.0. The van der Waals surface area contributed by atoms with E-state index >= 15 is 0 Å². The van der Waals surface area contributed by atoms with E-state index in [1.807, 2.05) is 12.3 Å². The summed E-state index contributed by atoms with van der Waals surface area (Å²) in [5.74, 6) is 0.853. The van der Waals surface area contributed by atoms with Gasteiger partial charge in [0.2, 0.25) is 0 Å². The average molecular weight is 362 g/mol. The SMILES string of the molecule is COCCN1CCC[C@](O)(CN2CCN(c3cc(C)ccn3)CC2)C1=O. The second-order valence-electron chi connectivity index (χ2n) is 7.37. The number of methoxy groups -OCH3 is 1. The van der Waals surface area contributed by atoms with E-state index in [9.17, 15) is 9.90 Å². The Kier molecular flexibility index (Phi) is 6.11. The fraction of sp³-hybridized carbons (Fsp3) is 0.684. The van der Waals surface area contributed by atoms with E-state index in [0.29, 0.717) is 32.7 Å². The first kappa shape index (κ1) is 19.1. The number of ether oxygens (including phenoxy) is 1. The van der Waals surface area contributed by atoms with Crippen molar-refractivity contribution in [3.63, 3.8) is 0 Å². The Morgan fingerprint density at radius 1 is 1.27 bits per heavy atom. The van der Waals surface area contributed by atoms with Crippen molar-refractivity contribution in [2.45, 2.75) is 25.4 Å². The van der Waals surface area contributed by atoms with E-state index in [1.54, 1.807) is 12.0 Å². The van der Waals surface area contributed by atoms with Gasteiger partial charge in [-0.1, -0.05) is 0 Å². The van der Waals surface area contributed by atoms with Crippen molar-refractivity contribution in [1.29, 1.82) is 0 Å². The van der Waals surface area contributed by atoms with Crippen molar-refractivity contribution in [3.8, 4) is 0 Å². The summed E-state index contributed by atoms with van der Waals surface area (Å²) in [6, 6.07) is 4.10. The minimum Gasteiger partial charge on any atom is -0.383 e. The van der Waals surface area contributed by atoms with Crippen LogP contribution in [0.1, 0.15) is 18.4 Å². The number of piperidine rings is 1. The molecule has 7 heteroatoms. The number of aliphatic hydroxyl groups is 1. The number of piperazine rings is 1. The van der Waals surface area contributed by atoms with Crippen molar-refractivity contribution in [1.82, 2.24) is 14.8 Å². The summed E-state index contributed by atoms with van der Waals surface area (Å²) in [6.07, 6.45) is 3.21. The molecule has 3 rings (SSSR count). The number of aryl methyl sites for hydroxylation is 1. The minimum atomic E-state index is -1.27. The van der Waals surface area contributed by atoms with Crippen LogP contribution >= 0.6 is 0 Å². The first-order valence-corrected chi connectivity index (χ1v) is 9.42. The Labute approximate surface area is 155 Å². The molecule has 0 aromatic carbocycles. The molecule has 0 spiro atoms. The molecular weight excluding hydrogens is 332 g/mol. The number of carbonyl (C=O) groups excluding carboxylic acids is 1. The van der Waals surface area contributed by atoms with Crippen LogP contribution in [0.25, 0.3) is 0 Å². The highest BCUT2D eigenvalue weighted by Crippen LogP contribution is 2.25. The van der Waals surface area contributed by atoms with Gasteiger partial charge in [-0.2, -0.15) is 0 Å². The van der Waals surface area contributed by atoms with Crippen LogP contribution in [0.3, 0.4) is 0 Å². The molecule has 1 atom stereocenters. The van der Waals surface area contributed by atoms with Gasteiger partial charge in [-0.05, 0) is 37.5 Å². The molecule has 1 N–H and O–H groups in total. The number of aromatic nitrogens is 1. The highest BCUT2D eigenvalue weighted by Gasteiger charge is 2.43. The maximum Gasteiger partial charge on any atom is 0.255 e. The molecule has 3 heterocycles. The molecule has 0 radical (unpaired) electrons. The van der Waals surface area contributed by atoms with E-state index in [2.05, 4.69) is 27.8 Å². The zero-order chi connectivity index (χ0) is 18.6. The second kappa shape index (κ2) is 8.33. The van der Waals surface area contributed by atoms with Gasteiger partial charge in [0.05, 0.1) is 6.61 Å². The molecule has 0 aliphatic carbocycles. The predicted octanol–water partition coefficient (Wildman–Crippen LogP) is 0.512. The Bertz CT molecular complexity index is 619. The minimum absolute atomic E-state index is 0.149. The van der Waals surface area contributed by atoms with Crippen molar-refractivity contribution in [2.75, 3.05) is 64.4 Å². The van der Waals surface area contributed by atoms with E-state index in [0.717, 1.165) is 38.4 Å². The van der Waals surface area contributed by atoms with Crippen LogP contribution in [0.2, 0.25) is 0 Å². The highest BCUT2D eigenvalue weighted by atomic mass is 16.5. The summed E-state index contributed by atoms with van der Waals surface area (Å²) in [5, 5.41) is 11.0. The number of nitrogens with zero attached hydrogens (tertiary/aromatic N) is 4. The number of hydrogen-bond donors (Lipinski definition) is 1. The van der Waals surface area contributed by atoms with Crippen LogP contribution in [0.15, 0.2) is 18.3 Å². The summed E-state index contributed by atoms with van der Waals surface area (Å²) in [7, 11) is 1.63. The molecule has 1 amide bonds. The van der Waals surface area contributed by atoms with Gasteiger partial charge in [0.1, 0.15) is 5.82 Å². The maximum absolute atomic E-state index is 12.7. The number of amides is 1. The number of β-amino-alcohol motifs (C(OH)–C–C–N with tert-alkyl or cyclic N) is 1. The molecule has 1 aromatic rings. The molecular formula is C19H30N4O3. The summed E-state index contributed by atoms with van der Waals surface area (Å²) in [6.45, 7) is 7.59. The van der Waals surface area contributed by atoms with Crippen LogP contribution in [0.4, 0.5) is 5.82 Å². The van der Waals surface area contributed by atoms with Crippen molar-refractivity contribution >= 4 is 11.7 Å². The van der Waals surface area contributed by atoms with E-state index < -0.39 is 5.60 Å². The van der Waals surface area contributed by atoms with Gasteiger partial charge in [0.25, 0.3) is 5.91 Å². The first-order valence-electron chi connectivity index (χ1n) is 9.42. The standard InChI is InChI=1S/C19H30N4O3/c1-16-4-6-20-17(14-16)22-10-8-21(9-11-22)15-19(25)5-3-7-23(18(19)24)12-13-26-2/h4,6,14,25H,3,5,7-13,15H2,1-2H3/t19-/m0/s1. The lowest BCUT2D eigenvalue weighted by Gasteiger charge is -2.43. The average Bonchev–Trinajstić information content (AvgIpc) is 2.64. The van der Waals surface area contributed by atoms with Crippen molar-refractivity contribution < 1.29 is 14.6 Å². The lowest BCUT2D eigenvalue weighted by Crippen LogP contribution is -2.61. The summed E-state index contributed by atoms with van der Waals surface area (Å²) in [4.78, 5) is 23.4. The number of anilines is 1. The van der Waals surface area contributed by atoms with Crippen molar-refractivity contribution in [2.24, 2.45) is 0 Å². The van der Waals surface area contributed by atoms with Gasteiger partial charge < -0.3 is 19.6 Å². The number of carbonyl (C=O) groups is 1. The molecule has 2 aliphatic heterocycles. The van der Waals surface area contributed by atoms with Gasteiger partial charge in [-0.15, -0.1) is 0 Å². The largest absolute Gasteiger partial charge is 0.383 e. The molecule has 2 aliphatic rings. The van der Waals surface area contributed by atoms with Gasteiger partial charge in [-0.3, -0.25) is 9.69 Å². The first-order chi connectivity index (χ1) is 12.5. The van der Waals surface area contributed by atoms with Crippen LogP contribution in [-0.4, -0.2) is 90.9 Å². The van der Waals surface area contributed by atoms with Crippen LogP contribution in [-0.2, 0) is 9.53 Å². The zero-order valence-corrected chi connectivity index (χ0v) is 15.9. The predicted molar refractivity (Wildman–Crippen MR) is 100 cm³/mol. The third-order valence-corrected chi connectivity index (χ3v) is 5.35. The molecule has 26 heavy (non-hydrogen) atoms. The maximum atomic E-state index is 12.7. The van der Waals surface area contributed by atoms with Gasteiger partial charge >= 0.3 is 0 Å². The smallest absolute Gasteiger partial charge is 0.255 e. The lowest BCUT2D eigenvalue weighted by molar-refractivity contribution is -0.160. The molecule has 144 valence electrons. The topological polar surface area (TPSA) is 69.1 Å². The molecule has 0 bridgehead atoms. The summed E-state index contributed by atoms with van der Waals surface area (Å²) < 4.78 is 5.08. The third-order valence-electron chi connectivity index (χ3n) is 5.35. The van der Waals surface area contributed by atoms with Crippen LogP contribution in [0, 0.1) is 6.92 Å². The zero-order valence-electron chi connectivity index (χ0n) is 15.9. The van der Waals surface area contributed by atoms with E-state index in [4.69, 9.17) is 4.74 Å². The van der Waals surface area contributed by atoms with Gasteiger partial charge in [0, 0.05) is 59.1 Å². The molecule has 2 fully saturated rings. The van der Waals surface area contributed by atoms with Crippen LogP contribution < -0.4 is 4.90 Å². The number of rotatable bonds is 6. The Hall–Kier alpha value is -1.70. The van der Waals surface area contributed by atoms with Gasteiger partial charge in [0.15, 0.2) is 5.60 Å². The fourth-order valence-electron chi connectivity index (χ4n) is 3.82. The van der Waals surface area contributed by atoms with Gasteiger partial charge in [-0.25, -0.2) is 4.98 Å². The molecule has 0 saturated carbocycles. The van der Waals surface area contributed by atoms with Crippen molar-refractivity contribution in [3.05, 3.63) is 23.9 Å². The molecule has 2 saturated heterocycles. The van der Waals surface area contributed by atoms with E-state index in [-0.39, 0.29) is 5.91 Å². The monoisotopic (exact) mass is 362 g/mol. The molecule has 0 unspecified atom stereocenters. The molecule has 7 nitrogen and oxygen atoms in total. The Morgan fingerprint density at radius 3 is 2.73 bits per heavy atom. The quantitative estimate of drug-likeness (QED) is 0.795. The highest BCUT2D eigenvalue weighted by molar-refractivity contribution is 5.86. The third kappa shape index (κ3) is 4.34. The number of hydrogen-bond acceptors (Lipinski definition) is 6. The fourth-order valence-corrected chi connectivity index (χ4v) is 3.82. The summed E-state index contributed by atoms with van der Waals surface area (Å²) in [5.41, 5.74) is -0.0638.